The molecule has 0 saturated carbocycles. The lowest BCUT2D eigenvalue weighted by atomic mass is 10.1. The number of rotatable bonds is 8. The molecule has 0 spiro atoms. The fourth-order valence-electron chi connectivity index (χ4n) is 2.84. The number of nitrogens with zero attached hydrogens (tertiary/aromatic N) is 1. The van der Waals surface area contributed by atoms with Gasteiger partial charge in [-0.3, -0.25) is 9.69 Å². The predicted molar refractivity (Wildman–Crippen MR) is 103 cm³/mol. The van der Waals surface area contributed by atoms with Gasteiger partial charge >= 0.3 is 0 Å². The summed E-state index contributed by atoms with van der Waals surface area (Å²) in [4.78, 5) is 14.6. The molecule has 0 fully saturated rings. The number of carbonyl (C=O) groups is 1. The molecule has 2 rings (SSSR count). The monoisotopic (exact) mass is 356 g/mol. The summed E-state index contributed by atoms with van der Waals surface area (Å²) in [6.45, 7) is 4.47. The van der Waals surface area contributed by atoms with Crippen molar-refractivity contribution >= 4 is 5.91 Å². The highest BCUT2D eigenvalue weighted by Crippen LogP contribution is 2.31. The molecule has 2 aromatic rings. The van der Waals surface area contributed by atoms with Gasteiger partial charge in [0.15, 0.2) is 11.5 Å². The third kappa shape index (κ3) is 4.76. The minimum atomic E-state index is -0.280. The molecule has 26 heavy (non-hydrogen) atoms. The van der Waals surface area contributed by atoms with Crippen LogP contribution in [0.15, 0.2) is 48.5 Å². The molecule has 5 heteroatoms. The first-order valence-corrected chi connectivity index (χ1v) is 8.73. The first-order valence-electron chi connectivity index (χ1n) is 8.73. The van der Waals surface area contributed by atoms with Gasteiger partial charge in [-0.2, -0.15) is 0 Å². The van der Waals surface area contributed by atoms with Crippen LogP contribution >= 0.6 is 0 Å². The summed E-state index contributed by atoms with van der Waals surface area (Å²) in [5.74, 6) is 1.38. The van der Waals surface area contributed by atoms with E-state index in [1.807, 2.05) is 74.3 Å². The zero-order valence-electron chi connectivity index (χ0n) is 16.2. The van der Waals surface area contributed by atoms with Crippen molar-refractivity contribution in [2.75, 3.05) is 21.3 Å². The van der Waals surface area contributed by atoms with Crippen molar-refractivity contribution in [1.29, 1.82) is 0 Å². The summed E-state index contributed by atoms with van der Waals surface area (Å²) in [6, 6.07) is 15.4. The molecule has 0 aliphatic rings. The highest BCUT2D eigenvalue weighted by Gasteiger charge is 2.21. The van der Waals surface area contributed by atoms with Crippen LogP contribution in [0.2, 0.25) is 0 Å². The minimum Gasteiger partial charge on any atom is -0.493 e. The third-order valence-corrected chi connectivity index (χ3v) is 4.60. The largest absolute Gasteiger partial charge is 0.493 e. The Morgan fingerprint density at radius 2 is 1.73 bits per heavy atom. The minimum absolute atomic E-state index is 0.00860. The van der Waals surface area contributed by atoms with Gasteiger partial charge in [0.1, 0.15) is 0 Å². The quantitative estimate of drug-likeness (QED) is 0.788. The number of methoxy groups -OCH3 is 2. The van der Waals surface area contributed by atoms with E-state index in [4.69, 9.17) is 9.47 Å². The Labute approximate surface area is 155 Å². The van der Waals surface area contributed by atoms with Gasteiger partial charge in [0.05, 0.1) is 26.3 Å². The van der Waals surface area contributed by atoms with Crippen LogP contribution in [0, 0.1) is 0 Å². The van der Waals surface area contributed by atoms with Crippen molar-refractivity contribution in [2.24, 2.45) is 0 Å². The highest BCUT2D eigenvalue weighted by molar-refractivity contribution is 5.81. The fourth-order valence-corrected chi connectivity index (χ4v) is 2.84. The number of para-hydroxylation sites is 1. The fraction of sp³-hybridized carbons (Fsp3) is 0.381. The number of hydrogen-bond donors (Lipinski definition) is 1. The molecule has 0 aromatic heterocycles. The lowest BCUT2D eigenvalue weighted by Gasteiger charge is -2.26. The molecule has 1 amide bonds. The van der Waals surface area contributed by atoms with E-state index in [1.165, 1.54) is 0 Å². The number of carbonyl (C=O) groups excluding carboxylic acids is 1. The van der Waals surface area contributed by atoms with Gasteiger partial charge in [0, 0.05) is 12.1 Å². The summed E-state index contributed by atoms with van der Waals surface area (Å²) < 4.78 is 10.8. The summed E-state index contributed by atoms with van der Waals surface area (Å²) in [5, 5.41) is 3.08. The summed E-state index contributed by atoms with van der Waals surface area (Å²) >= 11 is 0. The molecule has 0 saturated heterocycles. The average molecular weight is 356 g/mol. The van der Waals surface area contributed by atoms with Crippen LogP contribution < -0.4 is 14.8 Å². The Bertz CT molecular complexity index is 718. The van der Waals surface area contributed by atoms with Gasteiger partial charge in [-0.05, 0) is 32.5 Å². The van der Waals surface area contributed by atoms with E-state index >= 15 is 0 Å². The number of amides is 1. The Hall–Kier alpha value is -2.53. The molecule has 0 aliphatic carbocycles. The number of nitrogens with one attached hydrogen (secondary N) is 1. The number of benzene rings is 2. The Morgan fingerprint density at radius 3 is 2.35 bits per heavy atom. The maximum absolute atomic E-state index is 12.6. The molecule has 2 aromatic carbocycles. The number of likely N-dealkylation sites (N-methyl/N-ethyl adjacent to an activating group) is 1. The van der Waals surface area contributed by atoms with Crippen LogP contribution in [0.3, 0.4) is 0 Å². The van der Waals surface area contributed by atoms with Crippen molar-refractivity contribution in [3.63, 3.8) is 0 Å². The van der Waals surface area contributed by atoms with E-state index in [0.717, 1.165) is 11.1 Å². The smallest absolute Gasteiger partial charge is 0.237 e. The topological polar surface area (TPSA) is 50.8 Å². The Kier molecular flexibility index (Phi) is 7.04. The molecule has 140 valence electrons. The van der Waals surface area contributed by atoms with Gasteiger partial charge in [-0.25, -0.2) is 0 Å². The molecule has 0 aliphatic heterocycles. The lowest BCUT2D eigenvalue weighted by molar-refractivity contribution is -0.126. The van der Waals surface area contributed by atoms with E-state index in [0.29, 0.717) is 18.0 Å². The predicted octanol–water partition coefficient (Wildman–Crippen LogP) is 3.40. The SMILES string of the molecule is COc1cccc(CN(C)[C@H](C)C(=O)N[C@@H](C)c2ccccc2)c1OC. The van der Waals surface area contributed by atoms with Crippen LogP contribution in [0.5, 0.6) is 11.5 Å². The maximum atomic E-state index is 12.6. The Morgan fingerprint density at radius 1 is 1.04 bits per heavy atom. The standard InChI is InChI=1S/C21H28N2O3/c1-15(17-10-7-6-8-11-17)22-21(24)16(2)23(3)14-18-12-9-13-19(25-4)20(18)26-5/h6-13,15-16H,14H2,1-5H3,(H,22,24)/t15-,16+/m0/s1. The van der Waals surface area contributed by atoms with Crippen LogP contribution in [0.1, 0.15) is 31.0 Å². The molecule has 0 unspecified atom stereocenters. The van der Waals surface area contributed by atoms with Crippen molar-refractivity contribution < 1.29 is 14.3 Å². The van der Waals surface area contributed by atoms with Crippen LogP contribution in [-0.4, -0.2) is 38.1 Å². The molecule has 1 N–H and O–H groups in total. The normalized spacial score (nSPS) is 13.2. The average Bonchev–Trinajstić information content (AvgIpc) is 2.67. The second-order valence-electron chi connectivity index (χ2n) is 6.38. The summed E-state index contributed by atoms with van der Waals surface area (Å²) in [6.07, 6.45) is 0. The second kappa shape index (κ2) is 9.25. The maximum Gasteiger partial charge on any atom is 0.237 e. The summed E-state index contributed by atoms with van der Waals surface area (Å²) in [7, 11) is 5.17. The van der Waals surface area contributed by atoms with E-state index < -0.39 is 0 Å². The molecular weight excluding hydrogens is 328 g/mol. The molecule has 0 heterocycles. The van der Waals surface area contributed by atoms with Crippen molar-refractivity contribution in [1.82, 2.24) is 10.2 Å². The summed E-state index contributed by atoms with van der Waals surface area (Å²) in [5.41, 5.74) is 2.07. The highest BCUT2D eigenvalue weighted by atomic mass is 16.5. The lowest BCUT2D eigenvalue weighted by Crippen LogP contribution is -2.43. The van der Waals surface area contributed by atoms with Gasteiger partial charge in [-0.15, -0.1) is 0 Å². The van der Waals surface area contributed by atoms with Crippen molar-refractivity contribution in [3.8, 4) is 11.5 Å². The molecule has 0 bridgehead atoms. The zero-order chi connectivity index (χ0) is 19.1. The second-order valence-corrected chi connectivity index (χ2v) is 6.38. The van der Waals surface area contributed by atoms with Gasteiger partial charge in [-0.1, -0.05) is 42.5 Å². The molecule has 0 radical (unpaired) electrons. The number of ether oxygens (including phenoxy) is 2. The van der Waals surface area contributed by atoms with E-state index in [-0.39, 0.29) is 18.0 Å². The van der Waals surface area contributed by atoms with E-state index in [9.17, 15) is 4.79 Å². The van der Waals surface area contributed by atoms with Crippen LogP contribution in [0.4, 0.5) is 0 Å². The van der Waals surface area contributed by atoms with Gasteiger partial charge in [0.25, 0.3) is 0 Å². The third-order valence-electron chi connectivity index (χ3n) is 4.60. The number of hydrogen-bond acceptors (Lipinski definition) is 4. The van der Waals surface area contributed by atoms with E-state index in [1.54, 1.807) is 14.2 Å². The van der Waals surface area contributed by atoms with Crippen molar-refractivity contribution in [2.45, 2.75) is 32.5 Å². The van der Waals surface area contributed by atoms with Crippen LogP contribution in [-0.2, 0) is 11.3 Å². The molecule has 5 nitrogen and oxygen atoms in total. The van der Waals surface area contributed by atoms with E-state index in [2.05, 4.69) is 5.32 Å². The molecular formula is C21H28N2O3. The first kappa shape index (κ1) is 19.8. The zero-order valence-corrected chi connectivity index (χ0v) is 16.2. The first-order chi connectivity index (χ1) is 12.5. The van der Waals surface area contributed by atoms with Gasteiger partial charge < -0.3 is 14.8 Å². The van der Waals surface area contributed by atoms with Crippen LogP contribution in [0.25, 0.3) is 0 Å². The van der Waals surface area contributed by atoms with Crippen molar-refractivity contribution in [3.05, 3.63) is 59.7 Å². The molecule has 2 atom stereocenters. The van der Waals surface area contributed by atoms with Gasteiger partial charge in [0.2, 0.25) is 5.91 Å². The Balaban J connectivity index is 2.03.